The topological polar surface area (TPSA) is 50.8 Å². The molecule has 1 saturated heterocycles. The highest BCUT2D eigenvalue weighted by molar-refractivity contribution is 5.75. The van der Waals surface area contributed by atoms with Crippen LogP contribution in [0.5, 0.6) is 11.5 Å². The third-order valence-corrected chi connectivity index (χ3v) is 4.54. The van der Waals surface area contributed by atoms with Crippen molar-refractivity contribution in [2.24, 2.45) is 5.92 Å². The summed E-state index contributed by atoms with van der Waals surface area (Å²) in [5, 5.41) is 2.72. The lowest BCUT2D eigenvalue weighted by atomic mass is 10.0. The third-order valence-electron chi connectivity index (χ3n) is 4.54. The molecule has 1 aliphatic heterocycles. The number of carbonyl (C=O) groups is 1. The van der Waals surface area contributed by atoms with Crippen LogP contribution in [0.3, 0.4) is 0 Å². The molecule has 1 aliphatic rings. The van der Waals surface area contributed by atoms with Crippen molar-refractivity contribution in [3.63, 3.8) is 0 Å². The van der Waals surface area contributed by atoms with E-state index in [-0.39, 0.29) is 5.91 Å². The summed E-state index contributed by atoms with van der Waals surface area (Å²) in [5.41, 5.74) is 2.26. The summed E-state index contributed by atoms with van der Waals surface area (Å²) >= 11 is 0. The molecule has 0 bridgehead atoms. The van der Waals surface area contributed by atoms with Crippen LogP contribution in [0.15, 0.2) is 12.1 Å². The first-order valence-corrected chi connectivity index (χ1v) is 8.90. The van der Waals surface area contributed by atoms with Crippen LogP contribution in [0.4, 0.5) is 0 Å². The first-order valence-electron chi connectivity index (χ1n) is 8.90. The Morgan fingerprint density at radius 1 is 1.29 bits per heavy atom. The second-order valence-corrected chi connectivity index (χ2v) is 6.31. The van der Waals surface area contributed by atoms with Gasteiger partial charge in [-0.15, -0.1) is 0 Å². The summed E-state index contributed by atoms with van der Waals surface area (Å²) in [7, 11) is 1.70. The molecule has 1 atom stereocenters. The van der Waals surface area contributed by atoms with Gasteiger partial charge >= 0.3 is 0 Å². The summed E-state index contributed by atoms with van der Waals surface area (Å²) in [6.07, 6.45) is 1.70. The van der Waals surface area contributed by atoms with E-state index in [1.165, 1.54) is 5.56 Å². The lowest BCUT2D eigenvalue weighted by molar-refractivity contribution is -0.121. The summed E-state index contributed by atoms with van der Waals surface area (Å²) in [5.74, 6) is 2.42. The maximum atomic E-state index is 11.6. The number of nitrogens with zero attached hydrogens (tertiary/aromatic N) is 1. The van der Waals surface area contributed by atoms with Crippen LogP contribution in [-0.2, 0) is 11.3 Å². The number of likely N-dealkylation sites (tertiary alicyclic amines) is 1. The van der Waals surface area contributed by atoms with Crippen molar-refractivity contribution in [1.82, 2.24) is 10.2 Å². The van der Waals surface area contributed by atoms with Crippen molar-refractivity contribution in [2.75, 3.05) is 33.4 Å². The van der Waals surface area contributed by atoms with Gasteiger partial charge in [0.1, 0.15) is 11.5 Å². The van der Waals surface area contributed by atoms with Crippen LogP contribution in [-0.4, -0.2) is 44.2 Å². The molecule has 0 spiro atoms. The Balaban J connectivity index is 2.06. The normalized spacial score (nSPS) is 17.8. The molecule has 0 unspecified atom stereocenters. The highest BCUT2D eigenvalue weighted by Gasteiger charge is 2.25. The molecule has 1 aromatic rings. The average molecular weight is 334 g/mol. The minimum Gasteiger partial charge on any atom is -0.493 e. The molecule has 1 aromatic carbocycles. The molecule has 5 heteroatoms. The van der Waals surface area contributed by atoms with Gasteiger partial charge in [0.15, 0.2) is 0 Å². The first-order chi connectivity index (χ1) is 11.6. The maximum absolute atomic E-state index is 11.6. The van der Waals surface area contributed by atoms with Gasteiger partial charge in [-0.25, -0.2) is 0 Å². The number of nitrogens with one attached hydrogen (secondary N) is 1. The van der Waals surface area contributed by atoms with Crippen LogP contribution in [0.1, 0.15) is 37.8 Å². The van der Waals surface area contributed by atoms with Gasteiger partial charge in [-0.05, 0) is 45.7 Å². The fourth-order valence-electron chi connectivity index (χ4n) is 3.34. The number of carbonyl (C=O) groups excluding carboxylic acids is 1. The fraction of sp³-hybridized carbons (Fsp3) is 0.632. The van der Waals surface area contributed by atoms with Gasteiger partial charge in [0.05, 0.1) is 13.2 Å². The number of benzene rings is 1. The summed E-state index contributed by atoms with van der Waals surface area (Å²) in [6, 6.07) is 4.14. The van der Waals surface area contributed by atoms with Crippen molar-refractivity contribution in [3.05, 3.63) is 23.3 Å². The van der Waals surface area contributed by atoms with Gasteiger partial charge in [-0.1, -0.05) is 6.07 Å². The van der Waals surface area contributed by atoms with Crippen LogP contribution < -0.4 is 14.8 Å². The SMILES string of the molecule is CCOc1ccc(CN2CC[C@@H](CC(=O)NC)C2)c(OCC)c1C. The van der Waals surface area contributed by atoms with E-state index >= 15 is 0 Å². The Kier molecular flexibility index (Phi) is 6.91. The summed E-state index contributed by atoms with van der Waals surface area (Å²) in [4.78, 5) is 14.0. The molecule has 0 saturated carbocycles. The largest absolute Gasteiger partial charge is 0.493 e. The van der Waals surface area contributed by atoms with E-state index in [0.717, 1.165) is 43.1 Å². The average Bonchev–Trinajstić information content (AvgIpc) is 3.00. The zero-order valence-electron chi connectivity index (χ0n) is 15.4. The van der Waals surface area contributed by atoms with Crippen LogP contribution >= 0.6 is 0 Å². The maximum Gasteiger partial charge on any atom is 0.220 e. The predicted octanol–water partition coefficient (Wildman–Crippen LogP) is 2.75. The van der Waals surface area contributed by atoms with Crippen molar-refractivity contribution in [3.8, 4) is 11.5 Å². The highest BCUT2D eigenvalue weighted by Crippen LogP contribution is 2.33. The number of ether oxygens (including phenoxy) is 2. The molecule has 134 valence electrons. The van der Waals surface area contributed by atoms with Crippen molar-refractivity contribution in [2.45, 2.75) is 40.2 Å². The second kappa shape index (κ2) is 8.92. The molecule has 5 nitrogen and oxygen atoms in total. The van der Waals surface area contributed by atoms with Gasteiger partial charge in [0.25, 0.3) is 0 Å². The Morgan fingerprint density at radius 2 is 2.04 bits per heavy atom. The number of hydrogen-bond donors (Lipinski definition) is 1. The van der Waals surface area contributed by atoms with E-state index in [0.29, 0.717) is 25.6 Å². The third kappa shape index (κ3) is 4.63. The highest BCUT2D eigenvalue weighted by atomic mass is 16.5. The first kappa shape index (κ1) is 18.6. The second-order valence-electron chi connectivity index (χ2n) is 6.31. The molecule has 1 fully saturated rings. The molecular formula is C19H30N2O3. The molecular weight excluding hydrogens is 304 g/mol. The Morgan fingerprint density at radius 3 is 2.71 bits per heavy atom. The van der Waals surface area contributed by atoms with Gasteiger partial charge in [-0.3, -0.25) is 9.69 Å². The van der Waals surface area contributed by atoms with Gasteiger partial charge < -0.3 is 14.8 Å². The van der Waals surface area contributed by atoms with Crippen LogP contribution in [0, 0.1) is 12.8 Å². The lowest BCUT2D eigenvalue weighted by Crippen LogP contribution is -2.24. The standard InChI is InChI=1S/C19H30N2O3/c1-5-23-17-8-7-16(19(14(17)3)24-6-2)13-21-10-9-15(12-21)11-18(22)20-4/h7-8,15H,5-6,9-13H2,1-4H3,(H,20,22)/t15-/m0/s1. The van der Waals surface area contributed by atoms with E-state index in [2.05, 4.69) is 23.2 Å². The molecule has 1 heterocycles. The van der Waals surface area contributed by atoms with Gasteiger partial charge in [0.2, 0.25) is 5.91 Å². The summed E-state index contributed by atoms with van der Waals surface area (Å²) < 4.78 is 11.6. The minimum absolute atomic E-state index is 0.133. The van der Waals surface area contributed by atoms with Crippen molar-refractivity contribution >= 4 is 5.91 Å². The molecule has 0 radical (unpaired) electrons. The monoisotopic (exact) mass is 334 g/mol. The van der Waals surface area contributed by atoms with E-state index < -0.39 is 0 Å². The zero-order chi connectivity index (χ0) is 17.5. The Hall–Kier alpha value is -1.75. The quantitative estimate of drug-likeness (QED) is 0.794. The van der Waals surface area contributed by atoms with Gasteiger partial charge in [0, 0.05) is 37.7 Å². The van der Waals surface area contributed by atoms with Crippen LogP contribution in [0.2, 0.25) is 0 Å². The van der Waals surface area contributed by atoms with E-state index in [4.69, 9.17) is 9.47 Å². The number of amides is 1. The molecule has 0 aliphatic carbocycles. The predicted molar refractivity (Wildman–Crippen MR) is 95.6 cm³/mol. The van der Waals surface area contributed by atoms with Crippen LogP contribution in [0.25, 0.3) is 0 Å². The smallest absolute Gasteiger partial charge is 0.220 e. The zero-order valence-corrected chi connectivity index (χ0v) is 15.4. The molecule has 24 heavy (non-hydrogen) atoms. The fourth-order valence-corrected chi connectivity index (χ4v) is 3.34. The number of hydrogen-bond acceptors (Lipinski definition) is 4. The lowest BCUT2D eigenvalue weighted by Gasteiger charge is -2.21. The number of rotatable bonds is 8. The minimum atomic E-state index is 0.133. The van der Waals surface area contributed by atoms with E-state index in [9.17, 15) is 4.79 Å². The van der Waals surface area contributed by atoms with Crippen molar-refractivity contribution in [1.29, 1.82) is 0 Å². The molecule has 0 aromatic heterocycles. The van der Waals surface area contributed by atoms with Gasteiger partial charge in [-0.2, -0.15) is 0 Å². The molecule has 1 amide bonds. The Bertz CT molecular complexity index is 560. The Labute approximate surface area is 145 Å². The van der Waals surface area contributed by atoms with E-state index in [1.54, 1.807) is 7.05 Å². The summed E-state index contributed by atoms with van der Waals surface area (Å²) in [6.45, 7) is 10.2. The van der Waals surface area contributed by atoms with E-state index in [1.807, 2.05) is 19.9 Å². The molecule has 2 rings (SSSR count). The van der Waals surface area contributed by atoms with Crippen molar-refractivity contribution < 1.29 is 14.3 Å². The molecule has 1 N–H and O–H groups in total.